The summed E-state index contributed by atoms with van der Waals surface area (Å²) in [7, 11) is 4.63. The highest BCUT2D eigenvalue weighted by molar-refractivity contribution is 5.98. The summed E-state index contributed by atoms with van der Waals surface area (Å²) in [5.41, 5.74) is 5.38. The fourth-order valence-corrected chi connectivity index (χ4v) is 9.35. The summed E-state index contributed by atoms with van der Waals surface area (Å²) in [5, 5.41) is 17.1. The summed E-state index contributed by atoms with van der Waals surface area (Å²) in [6.45, 7) is 20.0. The summed E-state index contributed by atoms with van der Waals surface area (Å²) in [6.07, 6.45) is 0.249. The van der Waals surface area contributed by atoms with E-state index in [9.17, 15) is 33.6 Å². The molecule has 0 bridgehead atoms. The quantitative estimate of drug-likeness (QED) is 0.0264. The number of carbonyl (C=O) groups is 7. The van der Waals surface area contributed by atoms with Crippen LogP contribution in [-0.4, -0.2) is 105 Å². The number of amides is 6. The van der Waals surface area contributed by atoms with Crippen LogP contribution in [-0.2, 0) is 50.2 Å². The van der Waals surface area contributed by atoms with Crippen molar-refractivity contribution in [3.05, 3.63) is 131 Å². The van der Waals surface area contributed by atoms with Gasteiger partial charge in [0.1, 0.15) is 31.3 Å². The molecular weight excluding hydrogens is 967 g/mol. The minimum atomic E-state index is -0.971. The van der Waals surface area contributed by atoms with Crippen LogP contribution in [0.2, 0.25) is 0 Å². The van der Waals surface area contributed by atoms with Gasteiger partial charge in [0.25, 0.3) is 0 Å². The van der Waals surface area contributed by atoms with E-state index in [2.05, 4.69) is 44.0 Å². The molecule has 0 radical (unpaired) electrons. The Morgan fingerprint density at radius 1 is 0.658 bits per heavy atom. The van der Waals surface area contributed by atoms with Crippen LogP contribution in [0, 0.1) is 17.3 Å². The molecule has 6 N–H and O–H groups in total. The molecule has 5 atom stereocenters. The van der Waals surface area contributed by atoms with Crippen LogP contribution in [0.1, 0.15) is 104 Å². The number of methoxy groups -OCH3 is 1. The molecule has 5 rings (SSSR count). The van der Waals surface area contributed by atoms with Crippen molar-refractivity contribution >= 4 is 53.2 Å². The van der Waals surface area contributed by atoms with Crippen LogP contribution in [0.25, 0.3) is 11.1 Å². The van der Waals surface area contributed by atoms with Gasteiger partial charge in [0, 0.05) is 35.3 Å². The van der Waals surface area contributed by atoms with Gasteiger partial charge >= 0.3 is 18.2 Å². The monoisotopic (exact) mass is 1040 g/mol. The van der Waals surface area contributed by atoms with Gasteiger partial charge in [-0.1, -0.05) is 141 Å². The van der Waals surface area contributed by atoms with E-state index in [4.69, 9.17) is 14.2 Å². The number of fused-ring (bicyclic) bond motifs is 3. The second kappa shape index (κ2) is 25.8. The van der Waals surface area contributed by atoms with Crippen molar-refractivity contribution in [3.8, 4) is 11.1 Å². The zero-order valence-corrected chi connectivity index (χ0v) is 46.4. The Hall–Kier alpha value is -7.53. The van der Waals surface area contributed by atoms with Gasteiger partial charge in [0.15, 0.2) is 0 Å². The van der Waals surface area contributed by atoms with Crippen LogP contribution >= 0.6 is 0 Å². The molecule has 17 heteroatoms. The molecule has 0 aromatic heterocycles. The van der Waals surface area contributed by atoms with Gasteiger partial charge in [-0.05, 0) is 95.8 Å². The van der Waals surface area contributed by atoms with Gasteiger partial charge in [0.2, 0.25) is 23.6 Å². The number of alkyl carbamates (subject to hydrolysis) is 1. The molecular formula is C59H77N7O10. The number of nitrogens with one attached hydrogen (secondary N) is 6. The van der Waals surface area contributed by atoms with Crippen molar-refractivity contribution < 1.29 is 47.8 Å². The van der Waals surface area contributed by atoms with Crippen molar-refractivity contribution in [2.75, 3.05) is 38.4 Å². The van der Waals surface area contributed by atoms with Crippen LogP contribution in [0.15, 0.2) is 109 Å². The van der Waals surface area contributed by atoms with E-state index in [-0.39, 0.29) is 36.9 Å². The largest absolute Gasteiger partial charge is 0.466 e. The van der Waals surface area contributed by atoms with E-state index in [0.29, 0.717) is 22.5 Å². The first-order valence-electron chi connectivity index (χ1n) is 25.7. The Kier molecular flexibility index (Phi) is 20.2. The lowest BCUT2D eigenvalue weighted by Gasteiger charge is -2.40. The second-order valence-electron chi connectivity index (χ2n) is 21.7. The van der Waals surface area contributed by atoms with E-state index >= 15 is 0 Å². The first kappa shape index (κ1) is 59.3. The van der Waals surface area contributed by atoms with Gasteiger partial charge in [-0.15, -0.1) is 0 Å². The number of anilines is 2. The molecule has 1 aliphatic rings. The van der Waals surface area contributed by atoms with Crippen LogP contribution in [0.4, 0.5) is 21.0 Å². The van der Waals surface area contributed by atoms with Crippen molar-refractivity contribution in [3.63, 3.8) is 0 Å². The maximum Gasteiger partial charge on any atom is 0.411 e. The normalized spacial score (nSPS) is 14.4. The van der Waals surface area contributed by atoms with Gasteiger partial charge < -0.3 is 45.7 Å². The summed E-state index contributed by atoms with van der Waals surface area (Å²) in [4.78, 5) is 95.0. The number of nitrogens with zero attached hydrogens (tertiary/aromatic N) is 1. The highest BCUT2D eigenvalue weighted by Gasteiger charge is 2.42. The van der Waals surface area contributed by atoms with Gasteiger partial charge in [-0.3, -0.25) is 24.5 Å². The SMILES string of the molecule is CNC(C(=O)N[C@H](C(=O)N(C)[C@H](/C=C(\C)C(=O)OC)C(C)C)C(C)(C)C)C(C)(C)c1cccc(NC(=O)OCc2ccc(NC(=O)[C@H](C)NC(=O)[C@@H](NC(=O)OCC3c4ccccc4-c4ccccc43)C(C)C)cc2)c1. The smallest absolute Gasteiger partial charge is 0.411 e. The van der Waals surface area contributed by atoms with E-state index in [1.165, 1.54) is 7.11 Å². The molecule has 4 aromatic carbocycles. The average Bonchev–Trinajstić information content (AvgIpc) is 3.70. The third kappa shape index (κ3) is 14.9. The first-order chi connectivity index (χ1) is 35.8. The average molecular weight is 1040 g/mol. The summed E-state index contributed by atoms with van der Waals surface area (Å²) in [5.74, 6) is -2.76. The Labute approximate surface area is 447 Å². The minimum Gasteiger partial charge on any atom is -0.466 e. The maximum absolute atomic E-state index is 14.2. The highest BCUT2D eigenvalue weighted by Crippen LogP contribution is 2.44. The third-order valence-electron chi connectivity index (χ3n) is 13.8. The number of hydrogen-bond acceptors (Lipinski definition) is 11. The predicted molar refractivity (Wildman–Crippen MR) is 294 cm³/mol. The lowest BCUT2D eigenvalue weighted by molar-refractivity contribution is -0.141. The van der Waals surface area contributed by atoms with Crippen molar-refractivity contribution in [2.24, 2.45) is 17.3 Å². The van der Waals surface area contributed by atoms with E-state index in [1.807, 2.05) is 90.9 Å². The fourth-order valence-electron chi connectivity index (χ4n) is 9.35. The molecule has 0 saturated carbocycles. The number of ether oxygens (including phenoxy) is 3. The van der Waals surface area contributed by atoms with Crippen LogP contribution in [0.3, 0.4) is 0 Å². The van der Waals surface area contributed by atoms with E-state index in [1.54, 1.807) is 95.2 Å². The van der Waals surface area contributed by atoms with Crippen LogP contribution in [0.5, 0.6) is 0 Å². The molecule has 0 spiro atoms. The molecule has 0 heterocycles. The van der Waals surface area contributed by atoms with Crippen LogP contribution < -0.4 is 31.9 Å². The van der Waals surface area contributed by atoms with Gasteiger partial charge in [-0.2, -0.15) is 0 Å². The lowest BCUT2D eigenvalue weighted by Crippen LogP contribution is -2.61. The molecule has 1 aliphatic carbocycles. The number of esters is 1. The van der Waals surface area contributed by atoms with Crippen molar-refractivity contribution in [2.45, 2.75) is 124 Å². The third-order valence-corrected chi connectivity index (χ3v) is 13.8. The zero-order chi connectivity index (χ0) is 56.2. The molecule has 408 valence electrons. The Morgan fingerprint density at radius 3 is 1.82 bits per heavy atom. The lowest BCUT2D eigenvalue weighted by atomic mass is 9.76. The van der Waals surface area contributed by atoms with E-state index < -0.39 is 76.9 Å². The van der Waals surface area contributed by atoms with Crippen molar-refractivity contribution in [1.29, 1.82) is 0 Å². The minimum absolute atomic E-state index is 0.0533. The predicted octanol–water partition coefficient (Wildman–Crippen LogP) is 8.44. The topological polar surface area (TPSA) is 223 Å². The molecule has 17 nitrogen and oxygen atoms in total. The molecule has 0 saturated heterocycles. The molecule has 0 fully saturated rings. The molecule has 4 aromatic rings. The Morgan fingerprint density at radius 2 is 1.26 bits per heavy atom. The Balaban J connectivity index is 1.12. The first-order valence-corrected chi connectivity index (χ1v) is 25.7. The Bertz CT molecular complexity index is 2720. The fraction of sp³-hybridized carbons (Fsp3) is 0.441. The summed E-state index contributed by atoms with van der Waals surface area (Å²) >= 11 is 0. The molecule has 0 aliphatic heterocycles. The number of carbonyl (C=O) groups excluding carboxylic acids is 7. The van der Waals surface area contributed by atoms with Gasteiger partial charge in [0.05, 0.1) is 19.2 Å². The number of benzene rings is 4. The number of likely N-dealkylation sites (N-methyl/N-ethyl adjacent to an activating group) is 2. The highest BCUT2D eigenvalue weighted by atomic mass is 16.6. The zero-order valence-electron chi connectivity index (χ0n) is 46.4. The second-order valence-corrected chi connectivity index (χ2v) is 21.7. The summed E-state index contributed by atoms with van der Waals surface area (Å²) in [6, 6.07) is 25.6. The summed E-state index contributed by atoms with van der Waals surface area (Å²) < 4.78 is 16.1. The maximum atomic E-state index is 14.2. The number of rotatable bonds is 21. The standard InChI is InChI=1S/C59H77N7O10/c1-34(2)47(30-36(5)55(71)74-14)66(13)54(70)50(58(7,8)9)65-53(69)49(60-12)59(10,11)39-20-19-21-41(31-39)63-56(72)75-32-38-26-28-40(29-27-38)62-51(67)37(6)61-52(68)48(35(3)4)64-57(73)76-33-46-44-24-17-15-22-42(44)43-23-16-18-25-45(43)46/h15-31,34-35,37,46-50,60H,32-33H2,1-14H3,(H,61,68)(H,62,67)(H,63,72)(H,64,73)(H,65,69)/b36-30+/t37-,47+,48-,49?,50+/m0/s1. The molecule has 1 unspecified atom stereocenters. The molecule has 76 heavy (non-hydrogen) atoms. The number of hydrogen-bond donors (Lipinski definition) is 6. The van der Waals surface area contributed by atoms with E-state index in [0.717, 1.165) is 27.8 Å². The van der Waals surface area contributed by atoms with Crippen molar-refractivity contribution in [1.82, 2.24) is 26.2 Å². The van der Waals surface area contributed by atoms with Gasteiger partial charge in [-0.25, -0.2) is 14.4 Å². The molecule has 6 amide bonds.